The Morgan fingerprint density at radius 3 is 2.28 bits per heavy atom. The molecule has 0 bridgehead atoms. The average Bonchev–Trinajstić information content (AvgIpc) is 2.75. The van der Waals surface area contributed by atoms with Crippen molar-refractivity contribution < 1.29 is 14.3 Å². The first-order valence-corrected chi connectivity index (χ1v) is 11.6. The van der Waals surface area contributed by atoms with Crippen LogP contribution in [0.15, 0.2) is 36.4 Å². The molecule has 1 N–H and O–H groups in total. The van der Waals surface area contributed by atoms with E-state index < -0.39 is 6.04 Å². The number of benzene rings is 2. The quantitative estimate of drug-likeness (QED) is 0.485. The Hall–Kier alpha value is -2.24. The molecule has 174 valence electrons. The Morgan fingerprint density at radius 1 is 1.09 bits per heavy atom. The molecule has 5 nitrogen and oxygen atoms in total. The first kappa shape index (κ1) is 26.0. The second-order valence-electron chi connectivity index (χ2n) is 8.34. The Bertz CT molecular complexity index is 924. The molecule has 0 aliphatic heterocycles. The van der Waals surface area contributed by atoms with Crippen molar-refractivity contribution in [1.82, 2.24) is 10.2 Å². The average molecular weight is 479 g/mol. The third-order valence-electron chi connectivity index (χ3n) is 5.14. The number of carbonyl (C=O) groups excluding carboxylic acids is 2. The molecule has 0 aliphatic rings. The van der Waals surface area contributed by atoms with Gasteiger partial charge < -0.3 is 15.0 Å². The van der Waals surface area contributed by atoms with E-state index in [1.807, 2.05) is 52.8 Å². The molecule has 0 unspecified atom stereocenters. The zero-order valence-electron chi connectivity index (χ0n) is 19.4. The summed E-state index contributed by atoms with van der Waals surface area (Å²) < 4.78 is 5.79. The number of ether oxygens (including phenoxy) is 1. The van der Waals surface area contributed by atoms with Crippen LogP contribution in [0.2, 0.25) is 10.0 Å². The fourth-order valence-electron chi connectivity index (χ4n) is 3.37. The normalized spacial score (nSPS) is 11.9. The monoisotopic (exact) mass is 478 g/mol. The highest BCUT2D eigenvalue weighted by Gasteiger charge is 2.29. The molecule has 0 aromatic heterocycles. The van der Waals surface area contributed by atoms with Crippen LogP contribution in [-0.4, -0.2) is 35.9 Å². The molecule has 0 aliphatic carbocycles. The maximum atomic E-state index is 13.3. The van der Waals surface area contributed by atoms with Gasteiger partial charge in [-0.15, -0.1) is 0 Å². The van der Waals surface area contributed by atoms with Crippen molar-refractivity contribution in [1.29, 1.82) is 0 Å². The summed E-state index contributed by atoms with van der Waals surface area (Å²) in [6.07, 6.45) is 0.472. The topological polar surface area (TPSA) is 58.6 Å². The number of amides is 2. The Morgan fingerprint density at radius 2 is 1.72 bits per heavy atom. The van der Waals surface area contributed by atoms with E-state index in [1.165, 1.54) is 0 Å². The fourth-order valence-corrected chi connectivity index (χ4v) is 3.67. The van der Waals surface area contributed by atoms with Gasteiger partial charge in [-0.1, -0.05) is 62.2 Å². The molecular weight excluding hydrogens is 447 g/mol. The van der Waals surface area contributed by atoms with Crippen molar-refractivity contribution in [3.63, 3.8) is 0 Å². The molecule has 32 heavy (non-hydrogen) atoms. The minimum atomic E-state index is -0.630. The first-order valence-electron chi connectivity index (χ1n) is 10.8. The molecule has 0 spiro atoms. The number of nitrogens with zero attached hydrogens (tertiary/aromatic N) is 1. The third-order valence-corrected chi connectivity index (χ3v) is 6.11. The maximum absolute atomic E-state index is 13.3. The van der Waals surface area contributed by atoms with Crippen LogP contribution >= 0.6 is 23.2 Å². The fraction of sp³-hybridized carbons (Fsp3) is 0.440. The molecule has 0 saturated carbocycles. The van der Waals surface area contributed by atoms with E-state index in [2.05, 4.69) is 5.32 Å². The van der Waals surface area contributed by atoms with Gasteiger partial charge in [0.05, 0.1) is 0 Å². The molecule has 2 rings (SSSR count). The summed E-state index contributed by atoms with van der Waals surface area (Å²) in [5.74, 6) is 0.401. The molecule has 7 heteroatoms. The second kappa shape index (κ2) is 12.1. The van der Waals surface area contributed by atoms with E-state index >= 15 is 0 Å². The highest BCUT2D eigenvalue weighted by molar-refractivity contribution is 6.32. The van der Waals surface area contributed by atoms with Gasteiger partial charge >= 0.3 is 0 Å². The summed E-state index contributed by atoms with van der Waals surface area (Å²) in [6, 6.07) is 10.3. The Balaban J connectivity index is 2.24. The van der Waals surface area contributed by atoms with Crippen LogP contribution < -0.4 is 10.1 Å². The lowest BCUT2D eigenvalue weighted by atomic mass is 10.1. The van der Waals surface area contributed by atoms with Crippen LogP contribution in [0.1, 0.15) is 43.9 Å². The van der Waals surface area contributed by atoms with Crippen LogP contribution in [0.3, 0.4) is 0 Å². The van der Waals surface area contributed by atoms with E-state index in [1.54, 1.807) is 23.1 Å². The van der Waals surface area contributed by atoms with Gasteiger partial charge in [0.2, 0.25) is 5.91 Å². The number of hydrogen-bond acceptors (Lipinski definition) is 3. The SMILES string of the molecule is CC[C@@H](C(=O)NCC(C)C)N(Cc1ccccc1Cl)C(=O)COc1cc(C)c(Cl)c(C)c1. The van der Waals surface area contributed by atoms with Crippen LogP contribution in [0.25, 0.3) is 0 Å². The third kappa shape index (κ3) is 7.14. The number of nitrogens with one attached hydrogen (secondary N) is 1. The van der Waals surface area contributed by atoms with Crippen molar-refractivity contribution in [2.45, 2.75) is 53.6 Å². The zero-order valence-corrected chi connectivity index (χ0v) is 20.9. The molecule has 0 radical (unpaired) electrons. The summed E-state index contributed by atoms with van der Waals surface area (Å²) in [6.45, 7) is 10.3. The lowest BCUT2D eigenvalue weighted by Crippen LogP contribution is -2.50. The van der Waals surface area contributed by atoms with Crippen LogP contribution in [0.5, 0.6) is 5.75 Å². The molecule has 0 heterocycles. The molecule has 2 aromatic rings. The number of aryl methyl sites for hydroxylation is 2. The smallest absolute Gasteiger partial charge is 0.261 e. The minimum absolute atomic E-state index is 0.181. The van der Waals surface area contributed by atoms with Crippen LogP contribution in [0, 0.1) is 19.8 Å². The summed E-state index contributed by atoms with van der Waals surface area (Å²) >= 11 is 12.6. The maximum Gasteiger partial charge on any atom is 0.261 e. The van der Waals surface area contributed by atoms with E-state index in [9.17, 15) is 9.59 Å². The minimum Gasteiger partial charge on any atom is -0.484 e. The van der Waals surface area contributed by atoms with Crippen molar-refractivity contribution in [3.8, 4) is 5.75 Å². The summed E-state index contributed by atoms with van der Waals surface area (Å²) in [4.78, 5) is 27.7. The van der Waals surface area contributed by atoms with Gasteiger partial charge in [-0.05, 0) is 61.1 Å². The largest absolute Gasteiger partial charge is 0.484 e. The number of hydrogen-bond donors (Lipinski definition) is 1. The van der Waals surface area contributed by atoms with Gasteiger partial charge in [0.15, 0.2) is 6.61 Å². The van der Waals surface area contributed by atoms with Gasteiger partial charge in [0.1, 0.15) is 11.8 Å². The molecular formula is C25H32Cl2N2O3. The van der Waals surface area contributed by atoms with E-state index in [0.29, 0.717) is 34.7 Å². The van der Waals surface area contributed by atoms with Crippen molar-refractivity contribution in [2.75, 3.05) is 13.2 Å². The summed E-state index contributed by atoms with van der Waals surface area (Å²) in [5.41, 5.74) is 2.53. The van der Waals surface area contributed by atoms with Gasteiger partial charge in [0.25, 0.3) is 5.91 Å². The van der Waals surface area contributed by atoms with E-state index in [-0.39, 0.29) is 25.0 Å². The molecule has 0 fully saturated rings. The van der Waals surface area contributed by atoms with Gasteiger partial charge in [-0.25, -0.2) is 0 Å². The Kier molecular flexibility index (Phi) is 9.85. The van der Waals surface area contributed by atoms with Crippen molar-refractivity contribution >= 4 is 35.0 Å². The number of halogens is 2. The van der Waals surface area contributed by atoms with Crippen LogP contribution in [0.4, 0.5) is 0 Å². The van der Waals surface area contributed by atoms with E-state index in [4.69, 9.17) is 27.9 Å². The summed E-state index contributed by atoms with van der Waals surface area (Å²) in [5, 5.41) is 4.17. The number of rotatable bonds is 10. The lowest BCUT2D eigenvalue weighted by molar-refractivity contribution is -0.143. The first-order chi connectivity index (χ1) is 15.1. The number of carbonyl (C=O) groups is 2. The predicted molar refractivity (Wildman–Crippen MR) is 130 cm³/mol. The zero-order chi connectivity index (χ0) is 23.8. The predicted octanol–water partition coefficient (Wildman–Crippen LogP) is 5.57. The van der Waals surface area contributed by atoms with Gasteiger partial charge in [-0.3, -0.25) is 9.59 Å². The van der Waals surface area contributed by atoms with Gasteiger partial charge in [0, 0.05) is 23.1 Å². The highest BCUT2D eigenvalue weighted by Crippen LogP contribution is 2.26. The van der Waals surface area contributed by atoms with Crippen molar-refractivity contribution in [3.05, 3.63) is 63.1 Å². The molecule has 0 saturated heterocycles. The summed E-state index contributed by atoms with van der Waals surface area (Å²) in [7, 11) is 0. The van der Waals surface area contributed by atoms with Crippen molar-refractivity contribution in [2.24, 2.45) is 5.92 Å². The highest BCUT2D eigenvalue weighted by atomic mass is 35.5. The lowest BCUT2D eigenvalue weighted by Gasteiger charge is -2.31. The van der Waals surface area contributed by atoms with Gasteiger partial charge in [-0.2, -0.15) is 0 Å². The standard InChI is InChI=1S/C25H32Cl2N2O3/c1-6-22(25(31)28-13-16(2)3)29(14-19-9-7-8-10-21(19)26)23(30)15-32-20-11-17(4)24(27)18(5)12-20/h7-12,16,22H,6,13-15H2,1-5H3,(H,28,31)/t22-/m0/s1. The molecule has 2 aromatic carbocycles. The molecule has 1 atom stereocenters. The van der Waals surface area contributed by atoms with E-state index in [0.717, 1.165) is 16.7 Å². The second-order valence-corrected chi connectivity index (χ2v) is 9.12. The molecule has 2 amide bonds. The van der Waals surface area contributed by atoms with Crippen LogP contribution in [-0.2, 0) is 16.1 Å². The Labute approximate surface area is 201 Å².